The van der Waals surface area contributed by atoms with Crippen molar-refractivity contribution in [2.24, 2.45) is 10.7 Å². The van der Waals surface area contributed by atoms with Gasteiger partial charge in [0.25, 0.3) is 5.91 Å². The lowest BCUT2D eigenvalue weighted by Crippen LogP contribution is -2.44. The number of nitrogens with zero attached hydrogens (tertiary/aromatic N) is 4. The number of likely N-dealkylation sites (tertiary alicyclic amines) is 1. The molecule has 1 unspecified atom stereocenters. The Hall–Kier alpha value is -3.99. The molecule has 0 aliphatic carbocycles. The lowest BCUT2D eigenvalue weighted by atomic mass is 10.0. The number of nitrogens with two attached hydrogens (primary N) is 2. The molecule has 0 spiro atoms. The highest BCUT2D eigenvalue weighted by molar-refractivity contribution is 5.96. The average molecular weight is 745 g/mol. The summed E-state index contributed by atoms with van der Waals surface area (Å²) in [5.41, 5.74) is 17.4. The van der Waals surface area contributed by atoms with Crippen LogP contribution >= 0.6 is 0 Å². The zero-order valence-electron chi connectivity index (χ0n) is 34.0. The minimum Gasteiger partial charge on any atom is -0.399 e. The molecule has 1 saturated heterocycles. The maximum atomic E-state index is 13.7. The smallest absolute Gasteiger partial charge is 0.254 e. The van der Waals surface area contributed by atoms with Gasteiger partial charge in [0, 0.05) is 62.8 Å². The first-order valence-corrected chi connectivity index (χ1v) is 20.2. The molecule has 298 valence electrons. The van der Waals surface area contributed by atoms with Gasteiger partial charge >= 0.3 is 0 Å². The number of aliphatic imine (C=N–C) groups is 1. The van der Waals surface area contributed by atoms with E-state index in [0.29, 0.717) is 38.5 Å². The second-order valence-corrected chi connectivity index (χ2v) is 14.4. The number of rotatable bonds is 22. The van der Waals surface area contributed by atoms with Gasteiger partial charge in [-0.25, -0.2) is 4.99 Å². The van der Waals surface area contributed by atoms with E-state index < -0.39 is 0 Å². The van der Waals surface area contributed by atoms with E-state index in [1.807, 2.05) is 65.4 Å². The summed E-state index contributed by atoms with van der Waals surface area (Å²) in [6.07, 6.45) is 13.3. The van der Waals surface area contributed by atoms with Crippen LogP contribution in [0.15, 0.2) is 76.9 Å². The molecule has 2 aromatic carbocycles. The predicted octanol–water partition coefficient (Wildman–Crippen LogP) is 7.70. The van der Waals surface area contributed by atoms with Gasteiger partial charge in [-0.15, -0.1) is 0 Å². The first-order chi connectivity index (χ1) is 26.1. The molecule has 0 bridgehead atoms. The van der Waals surface area contributed by atoms with Crippen LogP contribution in [-0.2, 0) is 14.3 Å². The zero-order valence-corrected chi connectivity index (χ0v) is 34.0. The highest BCUT2D eigenvalue weighted by Gasteiger charge is 2.21. The third kappa shape index (κ3) is 15.0. The largest absolute Gasteiger partial charge is 0.399 e. The van der Waals surface area contributed by atoms with Crippen molar-refractivity contribution < 1.29 is 19.1 Å². The van der Waals surface area contributed by atoms with Gasteiger partial charge < -0.3 is 35.6 Å². The third-order valence-electron chi connectivity index (χ3n) is 10.2. The summed E-state index contributed by atoms with van der Waals surface area (Å²) < 4.78 is 11.5. The number of hydrogen-bond donors (Lipinski definition) is 2. The van der Waals surface area contributed by atoms with Crippen LogP contribution in [0.3, 0.4) is 0 Å². The van der Waals surface area contributed by atoms with Gasteiger partial charge in [0.1, 0.15) is 12.4 Å². The number of allylic oxidation sites excluding steroid dienone is 2. The molecule has 0 aromatic heterocycles. The van der Waals surface area contributed by atoms with Crippen molar-refractivity contribution in [1.82, 2.24) is 14.7 Å². The van der Waals surface area contributed by atoms with Gasteiger partial charge in [0.05, 0.1) is 19.3 Å². The van der Waals surface area contributed by atoms with Gasteiger partial charge in [0.15, 0.2) is 0 Å². The van der Waals surface area contributed by atoms with Crippen LogP contribution in [0.1, 0.15) is 103 Å². The number of anilines is 1. The normalized spacial score (nSPS) is 15.0. The van der Waals surface area contributed by atoms with E-state index in [0.717, 1.165) is 85.5 Å². The number of carbonyl (C=O) groups excluding carboxylic acids is 2. The third-order valence-corrected chi connectivity index (χ3v) is 10.2. The summed E-state index contributed by atoms with van der Waals surface area (Å²) in [5, 5.41) is 0. The molecule has 10 nitrogen and oxygen atoms in total. The van der Waals surface area contributed by atoms with Crippen molar-refractivity contribution in [3.63, 3.8) is 0 Å². The monoisotopic (exact) mass is 745 g/mol. The second-order valence-electron chi connectivity index (χ2n) is 14.4. The molecule has 54 heavy (non-hydrogen) atoms. The van der Waals surface area contributed by atoms with E-state index in [1.165, 1.54) is 19.3 Å². The van der Waals surface area contributed by atoms with Crippen LogP contribution in [0, 0.1) is 0 Å². The van der Waals surface area contributed by atoms with Gasteiger partial charge in [-0.3, -0.25) is 9.59 Å². The SMILES string of the molecule is CC/C=C(CCCOCCOCC(=O)N1CCC(N)CC1)/N=C(\C=C(/C)C(C)N(C)C(=O)c1ccc(-c2ccc(N)cc2)cc1)N(CC)CCCCCC. The summed E-state index contributed by atoms with van der Waals surface area (Å²) in [6.45, 7) is 15.4. The summed E-state index contributed by atoms with van der Waals surface area (Å²) in [7, 11) is 1.87. The van der Waals surface area contributed by atoms with E-state index in [2.05, 4.69) is 51.7 Å². The number of piperidine rings is 1. The van der Waals surface area contributed by atoms with E-state index in [9.17, 15) is 9.59 Å². The summed E-state index contributed by atoms with van der Waals surface area (Å²) in [6, 6.07) is 15.6. The Morgan fingerprint density at radius 1 is 0.926 bits per heavy atom. The fraction of sp³-hybridized carbons (Fsp3) is 0.568. The molecule has 1 heterocycles. The summed E-state index contributed by atoms with van der Waals surface area (Å²) in [4.78, 5) is 37.3. The Bertz CT molecular complexity index is 1500. The number of unbranched alkanes of at least 4 members (excludes halogenated alkanes) is 3. The average Bonchev–Trinajstić information content (AvgIpc) is 3.18. The molecular weight excluding hydrogens is 677 g/mol. The predicted molar refractivity (Wildman–Crippen MR) is 223 cm³/mol. The number of ether oxygens (including phenoxy) is 2. The molecule has 1 aliphatic heterocycles. The van der Waals surface area contributed by atoms with Crippen LogP contribution in [-0.4, -0.2) is 104 Å². The highest BCUT2D eigenvalue weighted by atomic mass is 16.5. The Balaban J connectivity index is 1.63. The van der Waals surface area contributed by atoms with Crippen molar-refractivity contribution in [3.05, 3.63) is 77.5 Å². The maximum absolute atomic E-state index is 13.7. The highest BCUT2D eigenvalue weighted by Crippen LogP contribution is 2.23. The second kappa shape index (κ2) is 24.4. The minimum absolute atomic E-state index is 0.0222. The van der Waals surface area contributed by atoms with E-state index in [-0.39, 0.29) is 30.5 Å². The first-order valence-electron chi connectivity index (χ1n) is 20.2. The number of nitrogen functional groups attached to an aromatic ring is 1. The maximum Gasteiger partial charge on any atom is 0.254 e. The summed E-state index contributed by atoms with van der Waals surface area (Å²) >= 11 is 0. The summed E-state index contributed by atoms with van der Waals surface area (Å²) in [5.74, 6) is 0.927. The lowest BCUT2D eigenvalue weighted by molar-refractivity contribution is -0.137. The molecule has 2 amide bonds. The number of carbonyl (C=O) groups is 2. The number of hydrogen-bond acceptors (Lipinski definition) is 7. The van der Waals surface area contributed by atoms with Gasteiger partial charge in [-0.2, -0.15) is 0 Å². The Morgan fingerprint density at radius 2 is 1.57 bits per heavy atom. The van der Waals surface area contributed by atoms with Crippen LogP contribution in [0.25, 0.3) is 11.1 Å². The van der Waals surface area contributed by atoms with Gasteiger partial charge in [-0.05, 0) is 106 Å². The van der Waals surface area contributed by atoms with Crippen LogP contribution in [0.2, 0.25) is 0 Å². The van der Waals surface area contributed by atoms with E-state index in [1.54, 1.807) is 0 Å². The van der Waals surface area contributed by atoms with Crippen LogP contribution < -0.4 is 11.5 Å². The van der Waals surface area contributed by atoms with Crippen molar-refractivity contribution in [1.29, 1.82) is 0 Å². The Kier molecular flexibility index (Phi) is 20.1. The fourth-order valence-electron chi connectivity index (χ4n) is 6.41. The number of amides is 2. The number of benzene rings is 2. The molecule has 10 heteroatoms. The molecule has 0 radical (unpaired) electrons. The molecule has 1 atom stereocenters. The van der Waals surface area contributed by atoms with Crippen LogP contribution in [0.5, 0.6) is 0 Å². The fourth-order valence-corrected chi connectivity index (χ4v) is 6.41. The molecule has 3 rings (SSSR count). The lowest BCUT2D eigenvalue weighted by Gasteiger charge is -2.30. The van der Waals surface area contributed by atoms with Gasteiger partial charge in [0.2, 0.25) is 5.91 Å². The Morgan fingerprint density at radius 3 is 2.20 bits per heavy atom. The first kappa shape index (κ1) is 44.4. The quantitative estimate of drug-likeness (QED) is 0.0548. The Labute approximate surface area is 325 Å². The van der Waals surface area contributed by atoms with Crippen molar-refractivity contribution in [2.45, 2.75) is 104 Å². The minimum atomic E-state index is -0.138. The topological polar surface area (TPSA) is 127 Å². The molecule has 1 fully saturated rings. The van der Waals surface area contributed by atoms with Crippen LogP contribution in [0.4, 0.5) is 5.69 Å². The number of amidine groups is 1. The van der Waals surface area contributed by atoms with Crippen molar-refractivity contribution in [2.75, 3.05) is 65.4 Å². The van der Waals surface area contributed by atoms with E-state index >= 15 is 0 Å². The molecule has 4 N–H and O–H groups in total. The van der Waals surface area contributed by atoms with Crippen molar-refractivity contribution >= 4 is 23.3 Å². The molecular formula is C44H68N6O4. The van der Waals surface area contributed by atoms with Gasteiger partial charge in [-0.1, -0.05) is 63.5 Å². The molecule has 0 saturated carbocycles. The standard InChI is InChI=1S/C44H68N6O4/c1-7-10-11-12-26-49(9-3)42(47-41(14-8-2)15-13-29-53-30-31-54-33-43(51)50-27-24-40(46)25-28-50)32-34(4)35(5)48(6)44(52)38-18-16-36(17-19-38)37-20-22-39(45)23-21-37/h14,16-23,32,35,40H,7-13,15,24-31,33,45-46H2,1-6H3/b34-32+,41-14+,47-42+. The zero-order chi connectivity index (χ0) is 39.3. The van der Waals surface area contributed by atoms with E-state index in [4.69, 9.17) is 25.9 Å². The number of likely N-dealkylation sites (N-methyl/N-ethyl adjacent to an activating group) is 2. The molecule has 2 aromatic rings. The molecule has 1 aliphatic rings. The van der Waals surface area contributed by atoms with Crippen molar-refractivity contribution in [3.8, 4) is 11.1 Å².